The topological polar surface area (TPSA) is 89.8 Å². The Labute approximate surface area is 152 Å². The zero-order valence-corrected chi connectivity index (χ0v) is 14.9. The van der Waals surface area contributed by atoms with Crippen LogP contribution in [0.15, 0.2) is 47.1 Å². The molecule has 1 aromatic carbocycles. The number of furan rings is 1. The van der Waals surface area contributed by atoms with Crippen LogP contribution in [0.3, 0.4) is 0 Å². The van der Waals surface area contributed by atoms with Crippen molar-refractivity contribution in [1.29, 1.82) is 0 Å². The number of ether oxygens (including phenoxy) is 2. The molecular formula is C19H22N2O5. The van der Waals surface area contributed by atoms with E-state index in [4.69, 9.17) is 13.9 Å². The van der Waals surface area contributed by atoms with Crippen molar-refractivity contribution in [3.63, 3.8) is 0 Å². The van der Waals surface area contributed by atoms with Crippen molar-refractivity contribution in [2.75, 3.05) is 14.2 Å². The van der Waals surface area contributed by atoms with E-state index in [9.17, 15) is 9.59 Å². The van der Waals surface area contributed by atoms with Gasteiger partial charge in [-0.05, 0) is 42.8 Å². The summed E-state index contributed by atoms with van der Waals surface area (Å²) in [7, 11) is 3.11. The number of rotatable bonds is 8. The molecule has 2 rings (SSSR count). The predicted molar refractivity (Wildman–Crippen MR) is 96.7 cm³/mol. The first-order chi connectivity index (χ1) is 12.5. The van der Waals surface area contributed by atoms with E-state index < -0.39 is 6.04 Å². The molecule has 1 aromatic heterocycles. The quantitative estimate of drug-likeness (QED) is 0.706. The van der Waals surface area contributed by atoms with Gasteiger partial charge in [-0.25, -0.2) is 0 Å². The maximum absolute atomic E-state index is 12.0. The maximum atomic E-state index is 12.0. The van der Waals surface area contributed by atoms with Crippen LogP contribution in [-0.4, -0.2) is 32.1 Å². The van der Waals surface area contributed by atoms with Crippen molar-refractivity contribution in [3.05, 3.63) is 54.0 Å². The minimum atomic E-state index is -0.679. The van der Waals surface area contributed by atoms with E-state index >= 15 is 0 Å². The molecule has 0 fully saturated rings. The van der Waals surface area contributed by atoms with Gasteiger partial charge in [0.15, 0.2) is 0 Å². The summed E-state index contributed by atoms with van der Waals surface area (Å²) in [5.41, 5.74) is 0.742. The molecule has 138 valence electrons. The molecule has 7 heteroatoms. The van der Waals surface area contributed by atoms with Gasteiger partial charge in [0.1, 0.15) is 23.3 Å². The van der Waals surface area contributed by atoms with Crippen molar-refractivity contribution < 1.29 is 23.5 Å². The lowest BCUT2D eigenvalue weighted by Crippen LogP contribution is -2.44. The zero-order valence-electron chi connectivity index (χ0n) is 14.9. The second-order valence-corrected chi connectivity index (χ2v) is 5.51. The second-order valence-electron chi connectivity index (χ2n) is 5.51. The molecule has 0 saturated carbocycles. The summed E-state index contributed by atoms with van der Waals surface area (Å²) < 4.78 is 15.5. The zero-order chi connectivity index (χ0) is 18.9. The van der Waals surface area contributed by atoms with Gasteiger partial charge in [-0.15, -0.1) is 0 Å². The summed E-state index contributed by atoms with van der Waals surface area (Å²) in [6.07, 6.45) is 4.50. The Morgan fingerprint density at radius 2 is 1.88 bits per heavy atom. The van der Waals surface area contributed by atoms with Crippen LogP contribution in [0.2, 0.25) is 0 Å². The minimum absolute atomic E-state index is 0.269. The summed E-state index contributed by atoms with van der Waals surface area (Å²) in [5.74, 6) is 1.20. The number of hydrogen-bond acceptors (Lipinski definition) is 5. The highest BCUT2D eigenvalue weighted by molar-refractivity contribution is 5.95. The molecule has 0 spiro atoms. The van der Waals surface area contributed by atoms with Crippen LogP contribution in [0, 0.1) is 0 Å². The van der Waals surface area contributed by atoms with Crippen molar-refractivity contribution in [2.45, 2.75) is 19.5 Å². The van der Waals surface area contributed by atoms with Crippen LogP contribution in [0.4, 0.5) is 0 Å². The van der Waals surface area contributed by atoms with Crippen molar-refractivity contribution in [2.24, 2.45) is 0 Å². The SMILES string of the molecule is COc1cc(/C=C/C(=O)NC(C)C(=O)NCc2ccco2)cc(OC)c1. The van der Waals surface area contributed by atoms with Crippen molar-refractivity contribution in [1.82, 2.24) is 10.6 Å². The summed E-state index contributed by atoms with van der Waals surface area (Å²) in [5, 5.41) is 5.30. The first kappa shape index (κ1) is 19.1. The molecule has 0 saturated heterocycles. The Morgan fingerprint density at radius 1 is 1.19 bits per heavy atom. The molecule has 1 heterocycles. The number of amides is 2. The van der Waals surface area contributed by atoms with Gasteiger partial charge >= 0.3 is 0 Å². The Bertz CT molecular complexity index is 746. The van der Waals surface area contributed by atoms with Gasteiger partial charge in [0, 0.05) is 12.1 Å². The molecule has 2 aromatic rings. The van der Waals surface area contributed by atoms with Gasteiger partial charge in [0.05, 0.1) is 27.0 Å². The lowest BCUT2D eigenvalue weighted by Gasteiger charge is -2.12. The van der Waals surface area contributed by atoms with Crippen LogP contribution < -0.4 is 20.1 Å². The Morgan fingerprint density at radius 3 is 2.46 bits per heavy atom. The number of hydrogen-bond donors (Lipinski definition) is 2. The lowest BCUT2D eigenvalue weighted by atomic mass is 10.2. The van der Waals surface area contributed by atoms with Crippen molar-refractivity contribution in [3.8, 4) is 11.5 Å². The van der Waals surface area contributed by atoms with E-state index in [1.807, 2.05) is 0 Å². The number of benzene rings is 1. The fourth-order valence-electron chi connectivity index (χ4n) is 2.17. The highest BCUT2D eigenvalue weighted by Crippen LogP contribution is 2.23. The Hall–Kier alpha value is -3.22. The fraction of sp³-hybridized carbons (Fsp3) is 0.263. The van der Waals surface area contributed by atoms with Crippen LogP contribution in [0.25, 0.3) is 6.08 Å². The number of nitrogens with one attached hydrogen (secondary N) is 2. The molecular weight excluding hydrogens is 336 g/mol. The largest absolute Gasteiger partial charge is 0.497 e. The molecule has 1 atom stereocenters. The minimum Gasteiger partial charge on any atom is -0.497 e. The molecule has 0 aliphatic carbocycles. The standard InChI is InChI=1S/C19H22N2O5/c1-13(19(23)20-12-15-5-4-8-26-15)21-18(22)7-6-14-9-16(24-2)11-17(10-14)25-3/h4-11,13H,12H2,1-3H3,(H,20,23)(H,21,22)/b7-6+. The van der Waals surface area contributed by atoms with E-state index in [2.05, 4.69) is 10.6 Å². The Kier molecular flexibility index (Phi) is 6.84. The first-order valence-electron chi connectivity index (χ1n) is 8.03. The average molecular weight is 358 g/mol. The van der Waals surface area contributed by atoms with Gasteiger partial charge in [-0.1, -0.05) is 0 Å². The van der Waals surface area contributed by atoms with Crippen LogP contribution in [0.1, 0.15) is 18.2 Å². The molecule has 1 unspecified atom stereocenters. The molecule has 26 heavy (non-hydrogen) atoms. The number of methoxy groups -OCH3 is 2. The number of carbonyl (C=O) groups excluding carboxylic acids is 2. The summed E-state index contributed by atoms with van der Waals surface area (Å²) in [6.45, 7) is 1.88. The first-order valence-corrected chi connectivity index (χ1v) is 8.03. The second kappa shape index (κ2) is 9.31. The van der Waals surface area contributed by atoms with Crippen LogP contribution in [-0.2, 0) is 16.1 Å². The number of carbonyl (C=O) groups is 2. The summed E-state index contributed by atoms with van der Waals surface area (Å²) in [4.78, 5) is 24.0. The molecule has 0 radical (unpaired) electrons. The third-order valence-corrected chi connectivity index (χ3v) is 3.57. The van der Waals surface area contributed by atoms with Gasteiger partial charge in [0.2, 0.25) is 11.8 Å². The van der Waals surface area contributed by atoms with Gasteiger partial charge < -0.3 is 24.5 Å². The van der Waals surface area contributed by atoms with E-state index in [1.54, 1.807) is 57.6 Å². The maximum Gasteiger partial charge on any atom is 0.244 e. The van der Waals surface area contributed by atoms with Crippen LogP contribution >= 0.6 is 0 Å². The third-order valence-electron chi connectivity index (χ3n) is 3.57. The van der Waals surface area contributed by atoms with Crippen molar-refractivity contribution >= 4 is 17.9 Å². The smallest absolute Gasteiger partial charge is 0.244 e. The molecule has 7 nitrogen and oxygen atoms in total. The summed E-state index contributed by atoms with van der Waals surface area (Å²) >= 11 is 0. The van der Waals surface area contributed by atoms with Gasteiger partial charge in [-0.3, -0.25) is 9.59 Å². The predicted octanol–water partition coefficient (Wildman–Crippen LogP) is 2.13. The lowest BCUT2D eigenvalue weighted by molar-refractivity contribution is -0.126. The Balaban J connectivity index is 1.88. The molecule has 0 bridgehead atoms. The molecule has 2 amide bonds. The molecule has 2 N–H and O–H groups in total. The van der Waals surface area contributed by atoms with E-state index in [0.29, 0.717) is 17.3 Å². The van der Waals surface area contributed by atoms with Gasteiger partial charge in [-0.2, -0.15) is 0 Å². The highest BCUT2D eigenvalue weighted by atomic mass is 16.5. The van der Waals surface area contributed by atoms with Crippen LogP contribution in [0.5, 0.6) is 11.5 Å². The average Bonchev–Trinajstić information content (AvgIpc) is 3.17. The molecule has 0 aliphatic rings. The molecule has 0 aliphatic heterocycles. The van der Waals surface area contributed by atoms with E-state index in [0.717, 1.165) is 5.56 Å². The highest BCUT2D eigenvalue weighted by Gasteiger charge is 2.14. The summed E-state index contributed by atoms with van der Waals surface area (Å²) in [6, 6.07) is 8.10. The fourth-order valence-corrected chi connectivity index (χ4v) is 2.17. The normalized spacial score (nSPS) is 11.8. The van der Waals surface area contributed by atoms with E-state index in [-0.39, 0.29) is 18.4 Å². The monoisotopic (exact) mass is 358 g/mol. The van der Waals surface area contributed by atoms with E-state index in [1.165, 1.54) is 12.3 Å². The van der Waals surface area contributed by atoms with Gasteiger partial charge in [0.25, 0.3) is 0 Å². The third kappa shape index (κ3) is 5.70.